The van der Waals surface area contributed by atoms with Gasteiger partial charge in [-0.1, -0.05) is 42.5 Å². The number of hydrogen-bond acceptors (Lipinski definition) is 3. The maximum Gasteiger partial charge on any atom is 0.251 e. The molecule has 2 aromatic carbocycles. The lowest BCUT2D eigenvalue weighted by Crippen LogP contribution is -2.41. The second kappa shape index (κ2) is 9.00. The molecule has 138 valence electrons. The van der Waals surface area contributed by atoms with Crippen LogP contribution in [0.25, 0.3) is 11.1 Å². The van der Waals surface area contributed by atoms with E-state index in [1.54, 1.807) is 4.90 Å². The lowest BCUT2D eigenvalue weighted by molar-refractivity contribution is -0.131. The summed E-state index contributed by atoms with van der Waals surface area (Å²) in [5, 5.41) is 11.6. The summed E-state index contributed by atoms with van der Waals surface area (Å²) in [6, 6.07) is 19.6. The molecule has 5 heteroatoms. The molecule has 3 rings (SSSR count). The number of benzene rings is 2. The van der Waals surface area contributed by atoms with Crippen molar-refractivity contribution in [3.8, 4) is 17.2 Å². The highest BCUT2D eigenvalue weighted by Gasteiger charge is 2.22. The van der Waals surface area contributed by atoms with Crippen molar-refractivity contribution in [2.75, 3.05) is 19.6 Å². The van der Waals surface area contributed by atoms with Crippen molar-refractivity contribution in [3.05, 3.63) is 60.2 Å². The number of nitrogens with one attached hydrogen (secondary N) is 1. The van der Waals surface area contributed by atoms with Gasteiger partial charge in [-0.2, -0.15) is 5.26 Å². The van der Waals surface area contributed by atoms with Crippen LogP contribution in [0.15, 0.2) is 54.6 Å². The first-order valence-corrected chi connectivity index (χ1v) is 9.26. The second-order valence-corrected chi connectivity index (χ2v) is 6.81. The van der Waals surface area contributed by atoms with Crippen LogP contribution in [0.1, 0.15) is 29.6 Å². The van der Waals surface area contributed by atoms with Crippen LogP contribution in [-0.4, -0.2) is 36.3 Å². The minimum Gasteiger partial charge on any atom is -0.352 e. The molecule has 1 aliphatic rings. The van der Waals surface area contributed by atoms with Gasteiger partial charge >= 0.3 is 0 Å². The van der Waals surface area contributed by atoms with Crippen LogP contribution in [0.5, 0.6) is 0 Å². The minimum atomic E-state index is -0.0986. The second-order valence-electron chi connectivity index (χ2n) is 6.81. The van der Waals surface area contributed by atoms with Crippen LogP contribution in [0.2, 0.25) is 0 Å². The molecule has 0 spiro atoms. The van der Waals surface area contributed by atoms with Crippen LogP contribution in [0, 0.1) is 17.2 Å². The molecule has 0 bridgehead atoms. The van der Waals surface area contributed by atoms with Crippen LogP contribution < -0.4 is 5.32 Å². The minimum absolute atomic E-state index is 0.0552. The Morgan fingerprint density at radius 2 is 1.63 bits per heavy atom. The van der Waals surface area contributed by atoms with Gasteiger partial charge in [0.1, 0.15) is 6.42 Å². The molecule has 1 saturated heterocycles. The zero-order valence-electron chi connectivity index (χ0n) is 15.2. The predicted octanol–water partition coefficient (Wildman–Crippen LogP) is 3.24. The third-order valence-electron chi connectivity index (χ3n) is 5.00. The quantitative estimate of drug-likeness (QED) is 0.888. The molecule has 0 radical (unpaired) electrons. The van der Waals surface area contributed by atoms with Crippen molar-refractivity contribution in [3.63, 3.8) is 0 Å². The number of piperidine rings is 1. The SMILES string of the molecule is N#CCC(=O)N1CCC(CNC(=O)c2ccc(-c3ccccc3)cc2)CC1. The van der Waals surface area contributed by atoms with E-state index in [4.69, 9.17) is 5.26 Å². The Morgan fingerprint density at radius 3 is 2.26 bits per heavy atom. The van der Waals surface area contributed by atoms with E-state index in [0.717, 1.165) is 24.0 Å². The average Bonchev–Trinajstić information content (AvgIpc) is 2.73. The number of carbonyl (C=O) groups excluding carboxylic acids is 2. The third-order valence-corrected chi connectivity index (χ3v) is 5.00. The maximum absolute atomic E-state index is 12.4. The van der Waals surface area contributed by atoms with Gasteiger partial charge in [0.15, 0.2) is 0 Å². The van der Waals surface area contributed by atoms with E-state index in [0.29, 0.717) is 31.1 Å². The smallest absolute Gasteiger partial charge is 0.251 e. The molecule has 1 heterocycles. The van der Waals surface area contributed by atoms with Crippen molar-refractivity contribution < 1.29 is 9.59 Å². The van der Waals surface area contributed by atoms with E-state index in [-0.39, 0.29) is 18.2 Å². The highest BCUT2D eigenvalue weighted by Crippen LogP contribution is 2.20. The Balaban J connectivity index is 1.47. The summed E-state index contributed by atoms with van der Waals surface area (Å²) in [5.41, 5.74) is 2.86. The zero-order valence-corrected chi connectivity index (χ0v) is 15.2. The van der Waals surface area contributed by atoms with Crippen LogP contribution in [0.4, 0.5) is 0 Å². The molecular weight excluding hydrogens is 338 g/mol. The highest BCUT2D eigenvalue weighted by atomic mass is 16.2. The summed E-state index contributed by atoms with van der Waals surface area (Å²) >= 11 is 0. The fraction of sp³-hybridized carbons (Fsp3) is 0.318. The number of nitriles is 1. The highest BCUT2D eigenvalue weighted by molar-refractivity contribution is 5.94. The molecule has 2 aromatic rings. The standard InChI is InChI=1S/C22H23N3O2/c23-13-10-21(26)25-14-11-17(12-15-25)16-24-22(27)20-8-6-19(7-9-20)18-4-2-1-3-5-18/h1-9,17H,10-12,14-16H2,(H,24,27). The van der Waals surface area contributed by atoms with E-state index in [9.17, 15) is 9.59 Å². The summed E-state index contributed by atoms with van der Waals surface area (Å²) < 4.78 is 0. The lowest BCUT2D eigenvalue weighted by Gasteiger charge is -2.31. The predicted molar refractivity (Wildman–Crippen MR) is 104 cm³/mol. The topological polar surface area (TPSA) is 73.2 Å². The number of likely N-dealkylation sites (tertiary alicyclic amines) is 1. The molecule has 0 atom stereocenters. The fourth-order valence-corrected chi connectivity index (χ4v) is 3.35. The van der Waals surface area contributed by atoms with E-state index in [2.05, 4.69) is 5.32 Å². The molecule has 0 unspecified atom stereocenters. The monoisotopic (exact) mass is 361 g/mol. The van der Waals surface area contributed by atoms with Gasteiger partial charge in [-0.15, -0.1) is 0 Å². The maximum atomic E-state index is 12.4. The van der Waals surface area contributed by atoms with Crippen LogP contribution in [0.3, 0.4) is 0 Å². The molecule has 1 N–H and O–H groups in total. The Morgan fingerprint density at radius 1 is 1.00 bits per heavy atom. The Kier molecular flexibility index (Phi) is 6.22. The number of nitrogens with zero attached hydrogens (tertiary/aromatic N) is 2. The summed E-state index contributed by atoms with van der Waals surface area (Å²) in [5.74, 6) is 0.194. The Bertz CT molecular complexity index is 817. The van der Waals surface area contributed by atoms with E-state index in [1.165, 1.54) is 0 Å². The molecule has 0 aliphatic carbocycles. The summed E-state index contributed by atoms with van der Waals surface area (Å²) in [6.07, 6.45) is 1.65. The number of carbonyl (C=O) groups is 2. The Labute approximate surface area is 159 Å². The summed E-state index contributed by atoms with van der Waals surface area (Å²) in [6.45, 7) is 1.93. The fourth-order valence-electron chi connectivity index (χ4n) is 3.35. The van der Waals surface area contributed by atoms with Gasteiger partial charge in [-0.3, -0.25) is 9.59 Å². The van der Waals surface area contributed by atoms with E-state index >= 15 is 0 Å². The molecule has 27 heavy (non-hydrogen) atoms. The normalized spacial score (nSPS) is 14.4. The van der Waals surface area contributed by atoms with Gasteiger partial charge in [0.25, 0.3) is 5.91 Å². The van der Waals surface area contributed by atoms with Crippen molar-refractivity contribution in [1.29, 1.82) is 5.26 Å². The molecular formula is C22H23N3O2. The molecule has 2 amide bonds. The van der Waals surface area contributed by atoms with Crippen molar-refractivity contribution in [2.24, 2.45) is 5.92 Å². The first-order valence-electron chi connectivity index (χ1n) is 9.26. The van der Waals surface area contributed by atoms with Crippen molar-refractivity contribution >= 4 is 11.8 Å². The van der Waals surface area contributed by atoms with Gasteiger partial charge < -0.3 is 10.2 Å². The van der Waals surface area contributed by atoms with Crippen LogP contribution in [-0.2, 0) is 4.79 Å². The molecule has 1 fully saturated rings. The van der Waals surface area contributed by atoms with Gasteiger partial charge in [0.05, 0.1) is 6.07 Å². The summed E-state index contributed by atoms with van der Waals surface area (Å²) in [4.78, 5) is 25.8. The van der Waals surface area contributed by atoms with Crippen molar-refractivity contribution in [2.45, 2.75) is 19.3 Å². The summed E-state index contributed by atoms with van der Waals surface area (Å²) in [7, 11) is 0. The lowest BCUT2D eigenvalue weighted by atomic mass is 9.96. The van der Waals surface area contributed by atoms with Gasteiger partial charge in [0.2, 0.25) is 5.91 Å². The molecule has 1 aliphatic heterocycles. The van der Waals surface area contributed by atoms with Crippen molar-refractivity contribution in [1.82, 2.24) is 10.2 Å². The largest absolute Gasteiger partial charge is 0.352 e. The van der Waals surface area contributed by atoms with Gasteiger partial charge in [-0.05, 0) is 42.0 Å². The van der Waals surface area contributed by atoms with E-state index in [1.807, 2.05) is 60.7 Å². The van der Waals surface area contributed by atoms with Gasteiger partial charge in [-0.25, -0.2) is 0 Å². The average molecular weight is 361 g/mol. The number of hydrogen-bond donors (Lipinski definition) is 1. The first kappa shape index (κ1) is 18.7. The number of rotatable bonds is 5. The number of amides is 2. The van der Waals surface area contributed by atoms with E-state index < -0.39 is 0 Å². The van der Waals surface area contributed by atoms with Crippen LogP contribution >= 0.6 is 0 Å². The third kappa shape index (κ3) is 4.95. The zero-order chi connectivity index (χ0) is 19.1. The molecule has 0 saturated carbocycles. The molecule has 0 aromatic heterocycles. The van der Waals surface area contributed by atoms with Gasteiger partial charge in [0, 0.05) is 25.2 Å². The first-order chi connectivity index (χ1) is 13.2. The Hall–Kier alpha value is -3.13. The molecule has 5 nitrogen and oxygen atoms in total.